The molecule has 0 unspecified atom stereocenters. The van der Waals surface area contributed by atoms with Gasteiger partial charge in [0, 0.05) is 60.7 Å². The zero-order valence-electron chi connectivity index (χ0n) is 14.8. The average molecular weight is 366 g/mol. The van der Waals surface area contributed by atoms with Crippen LogP contribution in [0, 0.1) is 0 Å². The normalized spacial score (nSPS) is 22.0. The molecule has 1 N–H and O–H groups in total. The van der Waals surface area contributed by atoms with Crippen LogP contribution in [-0.4, -0.2) is 47.6 Å². The predicted octanol–water partition coefficient (Wildman–Crippen LogP) is 2.35. The largest absolute Gasteiger partial charge is 0.497 e. The van der Waals surface area contributed by atoms with Crippen molar-refractivity contribution < 1.29 is 23.8 Å². The summed E-state index contributed by atoms with van der Waals surface area (Å²) < 4.78 is 16.9. The number of aromatic nitrogens is 1. The Balaban J connectivity index is 1.78. The van der Waals surface area contributed by atoms with Crippen LogP contribution in [0.3, 0.4) is 0 Å². The fourth-order valence-corrected chi connectivity index (χ4v) is 4.23. The van der Waals surface area contributed by atoms with E-state index in [0.717, 1.165) is 39.9 Å². The van der Waals surface area contributed by atoms with Gasteiger partial charge in [-0.05, 0) is 18.2 Å². The molecule has 0 aliphatic carbocycles. The third-order valence-corrected chi connectivity index (χ3v) is 5.53. The number of piperidine rings is 1. The molecule has 2 aromatic rings. The van der Waals surface area contributed by atoms with Crippen molar-refractivity contribution in [1.29, 1.82) is 0 Å². The summed E-state index contributed by atoms with van der Waals surface area (Å²) in [5, 5.41) is 0.925. The van der Waals surface area contributed by atoms with Crippen molar-refractivity contribution in [3.8, 4) is 5.75 Å². The van der Waals surface area contributed by atoms with E-state index in [-0.39, 0.29) is 0 Å². The number of carbonyl (C=O) groups excluding carboxylic acids is 2. The van der Waals surface area contributed by atoms with Gasteiger partial charge in [0.15, 0.2) is 0 Å². The van der Waals surface area contributed by atoms with Crippen LogP contribution in [-0.2, 0) is 19.1 Å². The Hall–Kier alpha value is -3.22. The van der Waals surface area contributed by atoms with Crippen LogP contribution in [0.2, 0.25) is 0 Å². The minimum Gasteiger partial charge on any atom is -0.497 e. The highest BCUT2D eigenvalue weighted by atomic mass is 16.6. The quantitative estimate of drug-likeness (QED) is 0.822. The van der Waals surface area contributed by atoms with Gasteiger partial charge in [-0.15, -0.1) is 0 Å². The second kappa shape index (κ2) is 5.64. The van der Waals surface area contributed by atoms with Crippen molar-refractivity contribution in [2.45, 2.75) is 18.4 Å². The molecule has 4 aliphatic heterocycles. The Kier molecular flexibility index (Phi) is 3.34. The van der Waals surface area contributed by atoms with Crippen LogP contribution < -0.4 is 4.74 Å². The highest BCUT2D eigenvalue weighted by molar-refractivity contribution is 5.99. The SMILES string of the molecule is COc1ccc2[nH]cc(C3=C4OC(=O)/C=C/C(=O)OC35CCN4CC5)c2c1. The summed E-state index contributed by atoms with van der Waals surface area (Å²) in [4.78, 5) is 29.8. The predicted molar refractivity (Wildman–Crippen MR) is 96.6 cm³/mol. The maximum Gasteiger partial charge on any atom is 0.337 e. The number of fused-ring (bicyclic) bond motifs is 3. The van der Waals surface area contributed by atoms with Gasteiger partial charge in [0.2, 0.25) is 5.88 Å². The first-order valence-corrected chi connectivity index (χ1v) is 8.88. The third-order valence-electron chi connectivity index (χ3n) is 5.53. The van der Waals surface area contributed by atoms with Crippen LogP contribution in [0.5, 0.6) is 5.75 Å². The molecule has 7 nitrogen and oxygen atoms in total. The fourth-order valence-electron chi connectivity index (χ4n) is 4.23. The van der Waals surface area contributed by atoms with Crippen molar-refractivity contribution >= 4 is 28.4 Å². The van der Waals surface area contributed by atoms with E-state index < -0.39 is 17.5 Å². The van der Waals surface area contributed by atoms with Crippen molar-refractivity contribution in [1.82, 2.24) is 9.88 Å². The molecule has 1 spiro atoms. The zero-order valence-corrected chi connectivity index (χ0v) is 14.8. The highest BCUT2D eigenvalue weighted by Gasteiger charge is 2.51. The summed E-state index contributed by atoms with van der Waals surface area (Å²) in [7, 11) is 1.62. The molecule has 7 heteroatoms. The van der Waals surface area contributed by atoms with Crippen LogP contribution in [0.25, 0.3) is 16.5 Å². The molecule has 4 aliphatic rings. The smallest absolute Gasteiger partial charge is 0.337 e. The second-order valence-electron chi connectivity index (χ2n) is 6.95. The molecule has 27 heavy (non-hydrogen) atoms. The standard InChI is InChI=1S/C20H18N2O5/c1-25-12-2-3-15-13(10-12)14(11-21-15)18-19-22-8-6-20(18,7-9-22)27-17(24)5-4-16(23)26-19/h2-5,10-11,21H,6-9H2,1H3/b5-4+. The van der Waals surface area contributed by atoms with Gasteiger partial charge in [-0.25, -0.2) is 9.59 Å². The Labute approximate surface area is 155 Å². The molecule has 3 bridgehead atoms. The molecule has 5 heterocycles. The molecule has 0 atom stereocenters. The maximum absolute atomic E-state index is 12.3. The van der Waals surface area contributed by atoms with Crippen molar-refractivity contribution in [2.24, 2.45) is 0 Å². The summed E-state index contributed by atoms with van der Waals surface area (Å²) in [6.45, 7) is 1.34. The first kappa shape index (κ1) is 16.0. The lowest BCUT2D eigenvalue weighted by Crippen LogP contribution is -2.53. The van der Waals surface area contributed by atoms with E-state index in [1.165, 1.54) is 0 Å². The molecule has 138 valence electrons. The first-order chi connectivity index (χ1) is 13.1. The maximum atomic E-state index is 12.3. The average Bonchev–Trinajstić information content (AvgIpc) is 3.09. The topological polar surface area (TPSA) is 80.9 Å². The van der Waals surface area contributed by atoms with E-state index in [1.54, 1.807) is 7.11 Å². The Morgan fingerprint density at radius 2 is 1.93 bits per heavy atom. The molecule has 1 aromatic carbocycles. The molecular formula is C20H18N2O5. The van der Waals surface area contributed by atoms with Crippen LogP contribution in [0.4, 0.5) is 0 Å². The number of nitrogens with one attached hydrogen (secondary N) is 1. The van der Waals surface area contributed by atoms with E-state index in [1.807, 2.05) is 29.3 Å². The molecule has 1 fully saturated rings. The van der Waals surface area contributed by atoms with Gasteiger partial charge in [0.25, 0.3) is 0 Å². The first-order valence-electron chi connectivity index (χ1n) is 8.88. The van der Waals surface area contributed by atoms with Crippen molar-refractivity contribution in [3.05, 3.63) is 48.0 Å². The van der Waals surface area contributed by atoms with Crippen LogP contribution in [0.1, 0.15) is 18.4 Å². The van der Waals surface area contributed by atoms with E-state index in [2.05, 4.69) is 4.98 Å². The summed E-state index contributed by atoms with van der Waals surface area (Å²) in [6, 6.07) is 5.74. The number of H-pyrrole nitrogens is 1. The molecular weight excluding hydrogens is 348 g/mol. The number of hydrogen-bond acceptors (Lipinski definition) is 6. The minimum absolute atomic E-state index is 0.473. The van der Waals surface area contributed by atoms with Gasteiger partial charge in [-0.3, -0.25) is 0 Å². The van der Waals surface area contributed by atoms with Gasteiger partial charge in [-0.2, -0.15) is 0 Å². The summed E-state index contributed by atoms with van der Waals surface area (Å²) in [5.74, 6) is 0.0845. The van der Waals surface area contributed by atoms with Gasteiger partial charge in [0.1, 0.15) is 11.4 Å². The van der Waals surface area contributed by atoms with Crippen molar-refractivity contribution in [3.63, 3.8) is 0 Å². The molecule has 0 radical (unpaired) electrons. The number of rotatable bonds is 2. The molecule has 6 rings (SSSR count). The van der Waals surface area contributed by atoms with Gasteiger partial charge in [-0.1, -0.05) is 0 Å². The Bertz CT molecular complexity index is 1020. The molecule has 1 aromatic heterocycles. The number of ether oxygens (including phenoxy) is 3. The number of nitrogens with zero attached hydrogens (tertiary/aromatic N) is 1. The fraction of sp³-hybridized carbons (Fsp3) is 0.300. The van der Waals surface area contributed by atoms with Crippen LogP contribution >= 0.6 is 0 Å². The Morgan fingerprint density at radius 3 is 2.70 bits per heavy atom. The number of benzene rings is 1. The van der Waals surface area contributed by atoms with Crippen LogP contribution in [0.15, 0.2) is 42.4 Å². The monoisotopic (exact) mass is 366 g/mol. The van der Waals surface area contributed by atoms with E-state index in [4.69, 9.17) is 14.2 Å². The summed E-state index contributed by atoms with van der Waals surface area (Å²) >= 11 is 0. The molecule has 0 amide bonds. The highest BCUT2D eigenvalue weighted by Crippen LogP contribution is 2.49. The number of hydrogen-bond donors (Lipinski definition) is 1. The third kappa shape index (κ3) is 2.34. The summed E-state index contributed by atoms with van der Waals surface area (Å²) in [6.07, 6.45) is 5.43. The Morgan fingerprint density at radius 1 is 1.15 bits per heavy atom. The number of methoxy groups -OCH3 is 1. The van der Waals surface area contributed by atoms with E-state index in [0.29, 0.717) is 31.8 Å². The van der Waals surface area contributed by atoms with Gasteiger partial charge < -0.3 is 24.1 Å². The number of carbonyl (C=O) groups is 2. The summed E-state index contributed by atoms with van der Waals surface area (Å²) in [5.41, 5.74) is 1.71. The van der Waals surface area contributed by atoms with E-state index >= 15 is 0 Å². The van der Waals surface area contributed by atoms with Crippen molar-refractivity contribution in [2.75, 3.05) is 20.2 Å². The lowest BCUT2D eigenvalue weighted by atomic mass is 9.76. The molecule has 1 saturated heterocycles. The lowest BCUT2D eigenvalue weighted by molar-refractivity contribution is -0.153. The number of aromatic amines is 1. The molecule has 0 saturated carbocycles. The second-order valence-corrected chi connectivity index (χ2v) is 6.95. The van der Waals surface area contributed by atoms with Gasteiger partial charge in [0.05, 0.1) is 12.7 Å². The van der Waals surface area contributed by atoms with Gasteiger partial charge >= 0.3 is 11.9 Å². The minimum atomic E-state index is -0.811. The van der Waals surface area contributed by atoms with E-state index in [9.17, 15) is 9.59 Å². The zero-order chi connectivity index (χ0) is 18.6. The number of esters is 2. The lowest BCUT2D eigenvalue weighted by Gasteiger charge is -2.49.